The Morgan fingerprint density at radius 1 is 0.548 bits per heavy atom. The average molecular weight is 593 g/mol. The summed E-state index contributed by atoms with van der Waals surface area (Å²) in [6.07, 6.45) is 42.1. The van der Waals surface area contributed by atoms with Gasteiger partial charge in [0.15, 0.2) is 0 Å². The van der Waals surface area contributed by atoms with Gasteiger partial charge in [-0.25, -0.2) is 0 Å². The second-order valence-electron chi connectivity index (χ2n) is 12.3. The summed E-state index contributed by atoms with van der Waals surface area (Å²) >= 11 is 0. The molecule has 42 heavy (non-hydrogen) atoms. The van der Waals surface area contributed by atoms with Gasteiger partial charge in [-0.2, -0.15) is 0 Å². The molecule has 0 bridgehead atoms. The summed E-state index contributed by atoms with van der Waals surface area (Å²) in [4.78, 5) is 12.1. The molecular weight excluding hydrogens is 520 g/mol. The van der Waals surface area contributed by atoms with Gasteiger partial charge in [0.05, 0.1) is 13.2 Å². The summed E-state index contributed by atoms with van der Waals surface area (Å²) in [6, 6.07) is 0. The third kappa shape index (κ3) is 33.4. The lowest BCUT2D eigenvalue weighted by Crippen LogP contribution is -2.27. The molecule has 4 nitrogen and oxygen atoms in total. The first-order valence-electron chi connectivity index (χ1n) is 18.4. The monoisotopic (exact) mass is 593 g/mol. The van der Waals surface area contributed by atoms with E-state index in [9.17, 15) is 9.90 Å². The van der Waals surface area contributed by atoms with Crippen LogP contribution in [0.15, 0.2) is 24.3 Å². The van der Waals surface area contributed by atoms with Crippen LogP contribution in [0.2, 0.25) is 0 Å². The molecule has 0 aliphatic heterocycles. The fourth-order valence-electron chi connectivity index (χ4n) is 5.20. The molecular formula is C38H72O4. The predicted octanol–water partition coefficient (Wildman–Crippen LogP) is 11.6. The van der Waals surface area contributed by atoms with Crippen LogP contribution in [0.3, 0.4) is 0 Å². The zero-order chi connectivity index (χ0) is 30.6. The average Bonchev–Trinajstić information content (AvgIpc) is 3.00. The van der Waals surface area contributed by atoms with Crippen molar-refractivity contribution in [2.24, 2.45) is 0 Å². The highest BCUT2D eigenvalue weighted by Crippen LogP contribution is 2.12. The SMILES string of the molecule is CCCCCC/C=C\CCCCCCCCOCC(CO)OC(=O)CCCCCCC/C=C\CCCCCCCCC. The molecule has 0 radical (unpaired) electrons. The van der Waals surface area contributed by atoms with Crippen LogP contribution in [0, 0.1) is 0 Å². The molecule has 0 saturated carbocycles. The molecule has 1 atom stereocenters. The van der Waals surface area contributed by atoms with E-state index in [4.69, 9.17) is 9.47 Å². The highest BCUT2D eigenvalue weighted by Gasteiger charge is 2.13. The number of ether oxygens (including phenoxy) is 2. The second-order valence-corrected chi connectivity index (χ2v) is 12.3. The lowest BCUT2D eigenvalue weighted by Gasteiger charge is -2.15. The maximum Gasteiger partial charge on any atom is 0.306 e. The van der Waals surface area contributed by atoms with E-state index in [1.54, 1.807) is 0 Å². The van der Waals surface area contributed by atoms with Crippen LogP contribution >= 0.6 is 0 Å². The van der Waals surface area contributed by atoms with Crippen molar-refractivity contribution >= 4 is 5.97 Å². The van der Waals surface area contributed by atoms with Crippen LogP contribution in [-0.2, 0) is 14.3 Å². The van der Waals surface area contributed by atoms with Gasteiger partial charge in [-0.15, -0.1) is 0 Å². The van der Waals surface area contributed by atoms with Crippen molar-refractivity contribution in [2.75, 3.05) is 19.8 Å². The summed E-state index contributed by atoms with van der Waals surface area (Å²) < 4.78 is 11.1. The Bertz CT molecular complexity index is 586. The molecule has 0 aromatic carbocycles. The van der Waals surface area contributed by atoms with Crippen molar-refractivity contribution in [1.29, 1.82) is 0 Å². The van der Waals surface area contributed by atoms with Gasteiger partial charge < -0.3 is 14.6 Å². The van der Waals surface area contributed by atoms with Gasteiger partial charge in [0, 0.05) is 13.0 Å². The molecule has 1 N–H and O–H groups in total. The number of aliphatic hydroxyl groups excluding tert-OH is 1. The van der Waals surface area contributed by atoms with Gasteiger partial charge >= 0.3 is 5.97 Å². The van der Waals surface area contributed by atoms with Crippen LogP contribution in [0.4, 0.5) is 0 Å². The normalized spacial score (nSPS) is 12.5. The fourth-order valence-corrected chi connectivity index (χ4v) is 5.20. The third-order valence-corrected chi connectivity index (χ3v) is 8.00. The molecule has 1 unspecified atom stereocenters. The van der Waals surface area contributed by atoms with E-state index < -0.39 is 6.10 Å². The molecule has 0 aromatic rings. The first kappa shape index (κ1) is 40.9. The smallest absolute Gasteiger partial charge is 0.306 e. The van der Waals surface area contributed by atoms with Crippen LogP contribution < -0.4 is 0 Å². The molecule has 248 valence electrons. The van der Waals surface area contributed by atoms with Crippen molar-refractivity contribution in [3.05, 3.63) is 24.3 Å². The number of unbranched alkanes of at least 4 members (excludes halogenated alkanes) is 22. The highest BCUT2D eigenvalue weighted by atomic mass is 16.6. The van der Waals surface area contributed by atoms with Crippen molar-refractivity contribution in [1.82, 2.24) is 0 Å². The highest BCUT2D eigenvalue weighted by molar-refractivity contribution is 5.69. The lowest BCUT2D eigenvalue weighted by atomic mass is 10.1. The molecule has 0 amide bonds. The zero-order valence-corrected chi connectivity index (χ0v) is 28.3. The van der Waals surface area contributed by atoms with Crippen molar-refractivity contribution < 1.29 is 19.4 Å². The summed E-state index contributed by atoms with van der Waals surface area (Å²) in [6.45, 7) is 5.32. The Morgan fingerprint density at radius 3 is 1.38 bits per heavy atom. The van der Waals surface area contributed by atoms with Gasteiger partial charge in [0.2, 0.25) is 0 Å². The van der Waals surface area contributed by atoms with Crippen LogP contribution in [0.5, 0.6) is 0 Å². The minimum absolute atomic E-state index is 0.175. The third-order valence-electron chi connectivity index (χ3n) is 8.00. The Balaban J connectivity index is 3.45. The maximum absolute atomic E-state index is 12.1. The van der Waals surface area contributed by atoms with Gasteiger partial charge in [-0.1, -0.05) is 141 Å². The van der Waals surface area contributed by atoms with Gasteiger partial charge in [0.25, 0.3) is 0 Å². The van der Waals surface area contributed by atoms with Crippen molar-refractivity contribution in [2.45, 2.75) is 193 Å². The minimum Gasteiger partial charge on any atom is -0.457 e. The Labute approximate surface area is 262 Å². The van der Waals surface area contributed by atoms with Gasteiger partial charge in [-0.3, -0.25) is 4.79 Å². The molecule has 0 rings (SSSR count). The van der Waals surface area contributed by atoms with Crippen molar-refractivity contribution in [3.63, 3.8) is 0 Å². The van der Waals surface area contributed by atoms with Gasteiger partial charge in [0.1, 0.15) is 6.10 Å². The Hall–Kier alpha value is -1.13. The Morgan fingerprint density at radius 2 is 0.929 bits per heavy atom. The summed E-state index contributed by atoms with van der Waals surface area (Å²) in [5, 5.41) is 9.55. The number of hydrogen-bond donors (Lipinski definition) is 1. The summed E-state index contributed by atoms with van der Waals surface area (Å²) in [5.41, 5.74) is 0. The van der Waals surface area contributed by atoms with Crippen LogP contribution in [0.25, 0.3) is 0 Å². The fraction of sp³-hybridized carbons (Fsp3) is 0.868. The van der Waals surface area contributed by atoms with E-state index in [1.807, 2.05) is 0 Å². The molecule has 4 heteroatoms. The van der Waals surface area contributed by atoms with E-state index in [-0.39, 0.29) is 12.6 Å². The maximum atomic E-state index is 12.1. The predicted molar refractivity (Wildman–Crippen MR) is 182 cm³/mol. The van der Waals surface area contributed by atoms with Crippen LogP contribution in [0.1, 0.15) is 187 Å². The van der Waals surface area contributed by atoms with Gasteiger partial charge in [-0.05, 0) is 64.2 Å². The molecule has 0 aliphatic rings. The first-order valence-corrected chi connectivity index (χ1v) is 18.4. The van der Waals surface area contributed by atoms with Crippen molar-refractivity contribution in [3.8, 4) is 0 Å². The summed E-state index contributed by atoms with van der Waals surface area (Å²) in [5.74, 6) is -0.211. The van der Waals surface area contributed by atoms with E-state index in [1.165, 1.54) is 148 Å². The standard InChI is InChI=1S/C38H72O4/c1-3-5-7-9-11-13-15-17-19-20-21-23-25-27-29-31-33-38(40)42-37(35-39)36-41-34-32-30-28-26-24-22-18-16-14-12-10-8-6-4-2/h14,16,19-20,37,39H,3-13,15,17-18,21-36H2,1-2H3/b16-14-,20-19-. The molecule has 0 fully saturated rings. The number of aliphatic hydroxyl groups is 1. The lowest BCUT2D eigenvalue weighted by molar-refractivity contribution is -0.154. The summed E-state index contributed by atoms with van der Waals surface area (Å²) in [7, 11) is 0. The number of hydrogen-bond acceptors (Lipinski definition) is 4. The van der Waals surface area contributed by atoms with E-state index in [2.05, 4.69) is 38.2 Å². The molecule has 0 heterocycles. The first-order chi connectivity index (χ1) is 20.7. The number of esters is 1. The van der Waals surface area contributed by atoms with Crippen LogP contribution in [-0.4, -0.2) is 37.0 Å². The molecule has 0 aromatic heterocycles. The second kappa shape index (κ2) is 36.1. The number of allylic oxidation sites excluding steroid dienone is 4. The van der Waals surface area contributed by atoms with E-state index >= 15 is 0 Å². The van der Waals surface area contributed by atoms with E-state index in [0.29, 0.717) is 19.6 Å². The molecule has 0 spiro atoms. The number of rotatable bonds is 34. The Kier molecular flexibility index (Phi) is 35.1. The molecule has 0 saturated heterocycles. The molecule has 0 aliphatic carbocycles. The largest absolute Gasteiger partial charge is 0.457 e. The topological polar surface area (TPSA) is 55.8 Å². The minimum atomic E-state index is -0.537. The number of carbonyl (C=O) groups excluding carboxylic acids is 1. The zero-order valence-electron chi connectivity index (χ0n) is 28.3. The number of carbonyl (C=O) groups is 1. The quantitative estimate of drug-likeness (QED) is 0.0459. The van der Waals surface area contributed by atoms with E-state index in [0.717, 1.165) is 19.3 Å².